The number of benzene rings is 2. The van der Waals surface area contributed by atoms with Crippen LogP contribution in [-0.4, -0.2) is 15.9 Å². The molecule has 4 aromatic rings. The molecule has 0 aliphatic rings. The van der Waals surface area contributed by atoms with Crippen LogP contribution >= 0.6 is 0 Å². The molecule has 28 heavy (non-hydrogen) atoms. The monoisotopic (exact) mass is 368 g/mol. The number of pyridine rings is 2. The number of nitrogens with zero attached hydrogens (tertiary/aromatic N) is 2. The predicted molar refractivity (Wildman–Crippen MR) is 113 cm³/mol. The largest absolute Gasteiger partial charge is 0.352 e. The second-order valence-corrected chi connectivity index (χ2v) is 6.43. The van der Waals surface area contributed by atoms with Gasteiger partial charge in [0.05, 0.1) is 28.7 Å². The summed E-state index contributed by atoms with van der Waals surface area (Å²) in [6.07, 6.45) is 5.88. The highest BCUT2D eigenvalue weighted by Gasteiger charge is 2.10. The van der Waals surface area contributed by atoms with E-state index in [0.29, 0.717) is 5.56 Å². The first-order chi connectivity index (χ1) is 13.7. The molecule has 0 aliphatic carbocycles. The van der Waals surface area contributed by atoms with Gasteiger partial charge in [0.25, 0.3) is 5.91 Å². The topological polar surface area (TPSA) is 66.9 Å². The molecule has 2 N–H and O–H groups in total. The molecule has 0 aliphatic heterocycles. The van der Waals surface area contributed by atoms with Crippen molar-refractivity contribution in [2.45, 2.75) is 13.3 Å². The van der Waals surface area contributed by atoms with Crippen LogP contribution in [0.25, 0.3) is 10.9 Å². The Bertz CT molecular complexity index is 1130. The maximum Gasteiger partial charge on any atom is 0.257 e. The highest BCUT2D eigenvalue weighted by Crippen LogP contribution is 2.25. The van der Waals surface area contributed by atoms with Crippen LogP contribution in [0.15, 0.2) is 79.3 Å². The summed E-state index contributed by atoms with van der Waals surface area (Å²) in [4.78, 5) is 21.4. The van der Waals surface area contributed by atoms with Gasteiger partial charge in [0.15, 0.2) is 0 Å². The number of carbonyl (C=O) groups excluding carboxylic acids is 1. The van der Waals surface area contributed by atoms with Gasteiger partial charge in [0.2, 0.25) is 0 Å². The van der Waals surface area contributed by atoms with Crippen LogP contribution in [0.1, 0.15) is 22.8 Å². The Morgan fingerprint density at radius 2 is 1.79 bits per heavy atom. The van der Waals surface area contributed by atoms with Crippen molar-refractivity contribution in [1.82, 2.24) is 9.97 Å². The summed E-state index contributed by atoms with van der Waals surface area (Å²) in [5.74, 6) is -0.187. The van der Waals surface area contributed by atoms with Gasteiger partial charge in [-0.15, -0.1) is 0 Å². The molecule has 0 unspecified atom stereocenters. The molecular formula is C23H20N4O. The van der Waals surface area contributed by atoms with Gasteiger partial charge in [-0.05, 0) is 36.2 Å². The molecule has 4 rings (SSSR count). The van der Waals surface area contributed by atoms with Crippen molar-refractivity contribution in [3.05, 3.63) is 90.4 Å². The fourth-order valence-corrected chi connectivity index (χ4v) is 3.14. The summed E-state index contributed by atoms with van der Waals surface area (Å²) in [5, 5.41) is 7.35. The van der Waals surface area contributed by atoms with E-state index in [9.17, 15) is 4.79 Å². The van der Waals surface area contributed by atoms with Gasteiger partial charge in [-0.3, -0.25) is 14.8 Å². The lowest BCUT2D eigenvalue weighted by molar-refractivity contribution is 0.102. The molecule has 0 saturated carbocycles. The molecule has 138 valence electrons. The molecule has 5 nitrogen and oxygen atoms in total. The van der Waals surface area contributed by atoms with Gasteiger partial charge in [0.1, 0.15) is 0 Å². The molecule has 1 amide bonds. The Hall–Kier alpha value is -3.73. The highest BCUT2D eigenvalue weighted by molar-refractivity contribution is 6.05. The number of fused-ring (bicyclic) bond motifs is 1. The molecule has 0 bridgehead atoms. The number of aromatic nitrogens is 2. The SMILES string of the molecule is CCc1ccccc1NC(=O)c1cncc(Nc2cccc3cccnc23)c1. The lowest BCUT2D eigenvalue weighted by Gasteiger charge is -2.12. The highest BCUT2D eigenvalue weighted by atomic mass is 16.1. The fraction of sp³-hybridized carbons (Fsp3) is 0.0870. The zero-order valence-corrected chi connectivity index (χ0v) is 15.5. The van der Waals surface area contributed by atoms with Crippen molar-refractivity contribution in [1.29, 1.82) is 0 Å². The second-order valence-electron chi connectivity index (χ2n) is 6.43. The molecule has 0 atom stereocenters. The zero-order valence-electron chi connectivity index (χ0n) is 15.5. The third-order valence-electron chi connectivity index (χ3n) is 4.56. The minimum Gasteiger partial charge on any atom is -0.352 e. The summed E-state index contributed by atoms with van der Waals surface area (Å²) in [6.45, 7) is 2.06. The fourth-order valence-electron chi connectivity index (χ4n) is 3.14. The van der Waals surface area contributed by atoms with E-state index < -0.39 is 0 Å². The van der Waals surface area contributed by atoms with Crippen LogP contribution in [0.2, 0.25) is 0 Å². The van der Waals surface area contributed by atoms with Crippen LogP contribution in [0.4, 0.5) is 17.1 Å². The molecule has 0 spiro atoms. The molecule has 2 aromatic heterocycles. The number of aryl methyl sites for hydroxylation is 1. The van der Waals surface area contributed by atoms with Gasteiger partial charge in [-0.25, -0.2) is 0 Å². The Labute approximate surface area is 163 Å². The van der Waals surface area contributed by atoms with Gasteiger partial charge in [0, 0.05) is 23.5 Å². The van der Waals surface area contributed by atoms with E-state index in [1.54, 1.807) is 24.7 Å². The van der Waals surface area contributed by atoms with Crippen molar-refractivity contribution in [3.8, 4) is 0 Å². The zero-order chi connectivity index (χ0) is 19.3. The van der Waals surface area contributed by atoms with Crippen molar-refractivity contribution in [2.24, 2.45) is 0 Å². The minimum atomic E-state index is -0.187. The van der Waals surface area contributed by atoms with Crippen molar-refractivity contribution in [3.63, 3.8) is 0 Å². The van der Waals surface area contributed by atoms with Crippen LogP contribution < -0.4 is 10.6 Å². The Balaban J connectivity index is 1.58. The molecule has 0 fully saturated rings. The van der Waals surface area contributed by atoms with Crippen molar-refractivity contribution < 1.29 is 4.79 Å². The smallest absolute Gasteiger partial charge is 0.257 e. The lowest BCUT2D eigenvalue weighted by Crippen LogP contribution is -2.13. The molecule has 0 radical (unpaired) electrons. The summed E-state index contributed by atoms with van der Waals surface area (Å²) in [5.41, 5.74) is 4.88. The van der Waals surface area contributed by atoms with E-state index in [0.717, 1.165) is 39.9 Å². The number of hydrogen-bond acceptors (Lipinski definition) is 4. The Morgan fingerprint density at radius 1 is 0.964 bits per heavy atom. The first kappa shape index (κ1) is 17.7. The number of rotatable bonds is 5. The molecule has 2 aromatic carbocycles. The number of nitrogens with one attached hydrogen (secondary N) is 2. The summed E-state index contributed by atoms with van der Waals surface area (Å²) in [6, 6.07) is 19.5. The summed E-state index contributed by atoms with van der Waals surface area (Å²) in [7, 11) is 0. The number of carbonyl (C=O) groups is 1. The van der Waals surface area contributed by atoms with E-state index >= 15 is 0 Å². The maximum atomic E-state index is 12.7. The van der Waals surface area contributed by atoms with E-state index in [1.165, 1.54) is 0 Å². The first-order valence-corrected chi connectivity index (χ1v) is 9.19. The van der Waals surface area contributed by atoms with E-state index in [-0.39, 0.29) is 5.91 Å². The average Bonchev–Trinajstić information content (AvgIpc) is 2.74. The van der Waals surface area contributed by atoms with Gasteiger partial charge in [-0.2, -0.15) is 0 Å². The molecule has 0 saturated heterocycles. The van der Waals surface area contributed by atoms with Crippen LogP contribution in [0.3, 0.4) is 0 Å². The molecule has 5 heteroatoms. The van der Waals surface area contributed by atoms with Crippen LogP contribution in [0, 0.1) is 0 Å². The van der Waals surface area contributed by atoms with Gasteiger partial charge >= 0.3 is 0 Å². The molecule has 2 heterocycles. The van der Waals surface area contributed by atoms with Gasteiger partial charge in [-0.1, -0.05) is 43.3 Å². The Kier molecular flexibility index (Phi) is 4.97. The van der Waals surface area contributed by atoms with Crippen LogP contribution in [-0.2, 0) is 6.42 Å². The summed E-state index contributed by atoms with van der Waals surface area (Å²) < 4.78 is 0. The number of amides is 1. The molecular weight excluding hydrogens is 348 g/mol. The van der Waals surface area contributed by atoms with Crippen molar-refractivity contribution in [2.75, 3.05) is 10.6 Å². The maximum absolute atomic E-state index is 12.7. The van der Waals surface area contributed by atoms with Gasteiger partial charge < -0.3 is 10.6 Å². The average molecular weight is 368 g/mol. The third-order valence-corrected chi connectivity index (χ3v) is 4.56. The lowest BCUT2D eigenvalue weighted by atomic mass is 10.1. The number of hydrogen-bond donors (Lipinski definition) is 2. The third kappa shape index (κ3) is 3.69. The second kappa shape index (κ2) is 7.88. The van der Waals surface area contributed by atoms with Crippen LogP contribution in [0.5, 0.6) is 0 Å². The quantitative estimate of drug-likeness (QED) is 0.509. The van der Waals surface area contributed by atoms with Crippen molar-refractivity contribution >= 4 is 33.9 Å². The predicted octanol–water partition coefficient (Wildman–Crippen LogP) is 5.19. The first-order valence-electron chi connectivity index (χ1n) is 9.19. The normalized spacial score (nSPS) is 10.6. The number of anilines is 3. The van der Waals surface area contributed by atoms with E-state index in [2.05, 4.69) is 27.5 Å². The van der Waals surface area contributed by atoms with E-state index in [1.807, 2.05) is 54.6 Å². The standard InChI is InChI=1S/C23H20N4O/c1-2-16-7-3-4-10-20(16)27-23(28)18-13-19(15-24-14-18)26-21-11-5-8-17-9-6-12-25-22(17)21/h3-15,26H,2H2,1H3,(H,27,28). The van der Waals surface area contributed by atoms with E-state index in [4.69, 9.17) is 0 Å². The Morgan fingerprint density at radius 3 is 2.68 bits per heavy atom. The minimum absolute atomic E-state index is 0.187. The summed E-state index contributed by atoms with van der Waals surface area (Å²) >= 11 is 0. The number of para-hydroxylation sites is 2.